The molecular weight excluding hydrogens is 332 g/mol. The number of methoxy groups -OCH3 is 1. The lowest BCUT2D eigenvalue weighted by Gasteiger charge is -2.26. The van der Waals surface area contributed by atoms with Crippen LogP contribution in [0.2, 0.25) is 0 Å². The molecule has 0 amide bonds. The molecule has 4 rings (SSSR count). The highest BCUT2D eigenvalue weighted by Gasteiger charge is 2.35. The van der Waals surface area contributed by atoms with Gasteiger partial charge in [0.2, 0.25) is 0 Å². The first-order chi connectivity index (χ1) is 12.7. The van der Waals surface area contributed by atoms with E-state index in [1.165, 1.54) is 0 Å². The molecule has 1 saturated heterocycles. The number of nitrogens with zero attached hydrogens (tertiary/aromatic N) is 6. The lowest BCUT2D eigenvalue weighted by molar-refractivity contribution is 0.115. The number of anilines is 1. The van der Waals surface area contributed by atoms with Crippen molar-refractivity contribution in [3.63, 3.8) is 0 Å². The molecule has 1 aliphatic heterocycles. The molecule has 0 saturated carbocycles. The quantitative estimate of drug-likeness (QED) is 0.690. The second kappa shape index (κ2) is 6.87. The van der Waals surface area contributed by atoms with Crippen LogP contribution in [0.15, 0.2) is 30.7 Å². The summed E-state index contributed by atoms with van der Waals surface area (Å²) in [6, 6.07) is 3.93. The molecule has 136 valence electrons. The van der Waals surface area contributed by atoms with Gasteiger partial charge in [0.15, 0.2) is 5.65 Å². The summed E-state index contributed by atoms with van der Waals surface area (Å²) in [5.74, 6) is 2.38. The Kier molecular flexibility index (Phi) is 4.42. The average Bonchev–Trinajstić information content (AvgIpc) is 3.24. The van der Waals surface area contributed by atoms with E-state index in [0.717, 1.165) is 41.4 Å². The number of pyridine rings is 1. The second-order valence-electron chi connectivity index (χ2n) is 6.50. The van der Waals surface area contributed by atoms with Crippen LogP contribution in [0.3, 0.4) is 0 Å². The first-order valence-electron chi connectivity index (χ1n) is 8.64. The van der Waals surface area contributed by atoms with E-state index in [1.807, 2.05) is 32.3 Å². The Morgan fingerprint density at radius 3 is 2.92 bits per heavy atom. The van der Waals surface area contributed by atoms with Crippen LogP contribution in [0.5, 0.6) is 5.75 Å². The number of rotatable bonds is 5. The summed E-state index contributed by atoms with van der Waals surface area (Å²) in [6.07, 6.45) is 6.30. The van der Waals surface area contributed by atoms with Crippen molar-refractivity contribution < 1.29 is 9.47 Å². The van der Waals surface area contributed by atoms with Crippen LogP contribution in [-0.2, 0) is 11.8 Å². The largest absolute Gasteiger partial charge is 0.490 e. The van der Waals surface area contributed by atoms with Gasteiger partial charge >= 0.3 is 0 Å². The molecule has 3 aromatic rings. The zero-order valence-electron chi connectivity index (χ0n) is 15.2. The molecule has 26 heavy (non-hydrogen) atoms. The monoisotopic (exact) mass is 354 g/mol. The number of ether oxygens (including phenoxy) is 2. The van der Waals surface area contributed by atoms with Crippen molar-refractivity contribution >= 4 is 16.9 Å². The lowest BCUT2D eigenvalue weighted by Crippen LogP contribution is -2.35. The fourth-order valence-electron chi connectivity index (χ4n) is 3.42. The van der Waals surface area contributed by atoms with Crippen molar-refractivity contribution in [1.29, 1.82) is 0 Å². The summed E-state index contributed by atoms with van der Waals surface area (Å²) in [7, 11) is 3.64. The van der Waals surface area contributed by atoms with Gasteiger partial charge in [-0.05, 0) is 25.5 Å². The molecular formula is C18H22N6O2. The molecule has 8 nitrogen and oxygen atoms in total. The Morgan fingerprint density at radius 2 is 2.15 bits per heavy atom. The van der Waals surface area contributed by atoms with Gasteiger partial charge in [-0.25, -0.2) is 9.97 Å². The van der Waals surface area contributed by atoms with Crippen molar-refractivity contribution in [2.75, 3.05) is 25.2 Å². The molecule has 0 radical (unpaired) electrons. The smallest absolute Gasteiger partial charge is 0.163 e. The number of aromatic nitrogens is 5. The third kappa shape index (κ3) is 3.08. The van der Waals surface area contributed by atoms with Crippen LogP contribution < -0.4 is 9.64 Å². The number of hydrogen-bond acceptors (Lipinski definition) is 7. The maximum absolute atomic E-state index is 5.96. The molecule has 0 aromatic carbocycles. The summed E-state index contributed by atoms with van der Waals surface area (Å²) in [5.41, 5.74) is 0.834. The van der Waals surface area contributed by atoms with Crippen LogP contribution in [0.4, 0.5) is 5.82 Å². The Hall–Kier alpha value is -2.74. The van der Waals surface area contributed by atoms with E-state index in [0.29, 0.717) is 6.61 Å². The second-order valence-corrected chi connectivity index (χ2v) is 6.50. The molecule has 0 N–H and O–H groups in total. The minimum absolute atomic E-state index is 0.138. The fourth-order valence-corrected chi connectivity index (χ4v) is 3.42. The van der Waals surface area contributed by atoms with Crippen LogP contribution in [0.25, 0.3) is 11.0 Å². The fraction of sp³-hybridized carbons (Fsp3) is 0.444. The average molecular weight is 354 g/mol. The van der Waals surface area contributed by atoms with Gasteiger partial charge in [-0.3, -0.25) is 9.67 Å². The molecule has 0 bridgehead atoms. The van der Waals surface area contributed by atoms with E-state index < -0.39 is 0 Å². The molecule has 0 unspecified atom stereocenters. The predicted molar refractivity (Wildman–Crippen MR) is 97.3 cm³/mol. The van der Waals surface area contributed by atoms with Gasteiger partial charge < -0.3 is 14.4 Å². The first-order valence-corrected chi connectivity index (χ1v) is 8.64. The van der Waals surface area contributed by atoms with Crippen molar-refractivity contribution in [2.45, 2.75) is 25.5 Å². The van der Waals surface area contributed by atoms with E-state index in [1.54, 1.807) is 24.2 Å². The maximum Gasteiger partial charge on any atom is 0.163 e. The molecule has 0 aliphatic carbocycles. The van der Waals surface area contributed by atoms with Gasteiger partial charge in [0, 0.05) is 26.9 Å². The molecule has 3 aromatic heterocycles. The summed E-state index contributed by atoms with van der Waals surface area (Å²) in [5, 5.41) is 5.29. The molecule has 1 aliphatic rings. The SMILES string of the molecule is CO[C@@H]1C[C@@H](COc2cccnc2)N(c2nc(C)nc3c2cnn3C)C1. The van der Waals surface area contributed by atoms with Crippen LogP contribution in [0.1, 0.15) is 12.2 Å². The zero-order chi connectivity index (χ0) is 18.1. The highest BCUT2D eigenvalue weighted by Crippen LogP contribution is 2.31. The first kappa shape index (κ1) is 16.7. The van der Waals surface area contributed by atoms with Crippen LogP contribution in [-0.4, -0.2) is 57.1 Å². The normalized spacial score (nSPS) is 20.0. The van der Waals surface area contributed by atoms with Gasteiger partial charge in [0.05, 0.1) is 29.9 Å². The van der Waals surface area contributed by atoms with Crippen molar-refractivity contribution in [2.24, 2.45) is 7.05 Å². The van der Waals surface area contributed by atoms with Gasteiger partial charge in [-0.15, -0.1) is 0 Å². The lowest BCUT2D eigenvalue weighted by atomic mass is 10.2. The number of hydrogen-bond donors (Lipinski definition) is 0. The number of fused-ring (bicyclic) bond motifs is 1. The van der Waals surface area contributed by atoms with Crippen LogP contribution in [0, 0.1) is 6.92 Å². The van der Waals surface area contributed by atoms with E-state index in [2.05, 4.69) is 20.0 Å². The van der Waals surface area contributed by atoms with E-state index in [9.17, 15) is 0 Å². The molecule has 8 heteroatoms. The summed E-state index contributed by atoms with van der Waals surface area (Å²) >= 11 is 0. The third-order valence-corrected chi connectivity index (χ3v) is 4.74. The predicted octanol–water partition coefficient (Wildman–Crippen LogP) is 1.74. The Morgan fingerprint density at radius 1 is 1.27 bits per heavy atom. The minimum Gasteiger partial charge on any atom is -0.490 e. The Bertz CT molecular complexity index is 897. The van der Waals surface area contributed by atoms with Crippen molar-refractivity contribution in [3.05, 3.63) is 36.5 Å². The van der Waals surface area contributed by atoms with Gasteiger partial charge in [-0.2, -0.15) is 5.10 Å². The van der Waals surface area contributed by atoms with Crippen LogP contribution >= 0.6 is 0 Å². The van der Waals surface area contributed by atoms with Gasteiger partial charge in [0.1, 0.15) is 24.0 Å². The van der Waals surface area contributed by atoms with Crippen molar-refractivity contribution in [1.82, 2.24) is 24.7 Å². The number of aryl methyl sites for hydroxylation is 2. The van der Waals surface area contributed by atoms with E-state index >= 15 is 0 Å². The van der Waals surface area contributed by atoms with Gasteiger partial charge in [0.25, 0.3) is 0 Å². The maximum atomic E-state index is 5.96. The third-order valence-electron chi connectivity index (χ3n) is 4.74. The standard InChI is InChI=1S/C18H22N6O2/c1-12-21-17-16(9-20-23(17)2)18(22-12)24-10-15(25-3)7-13(24)11-26-14-5-4-6-19-8-14/h4-6,8-9,13,15H,7,10-11H2,1-3H3/t13-,15+/m0/s1. The van der Waals surface area contributed by atoms with E-state index in [4.69, 9.17) is 14.5 Å². The Balaban J connectivity index is 1.64. The summed E-state index contributed by atoms with van der Waals surface area (Å²) in [4.78, 5) is 15.6. The highest BCUT2D eigenvalue weighted by molar-refractivity contribution is 5.87. The summed E-state index contributed by atoms with van der Waals surface area (Å²) < 4.78 is 13.4. The van der Waals surface area contributed by atoms with E-state index in [-0.39, 0.29) is 12.1 Å². The topological polar surface area (TPSA) is 78.2 Å². The zero-order valence-corrected chi connectivity index (χ0v) is 15.2. The molecule has 4 heterocycles. The Labute approximate surface area is 151 Å². The molecule has 1 fully saturated rings. The van der Waals surface area contributed by atoms with Crippen molar-refractivity contribution in [3.8, 4) is 5.75 Å². The summed E-state index contributed by atoms with van der Waals surface area (Å²) in [6.45, 7) is 3.20. The molecule has 2 atom stereocenters. The highest BCUT2D eigenvalue weighted by atomic mass is 16.5. The van der Waals surface area contributed by atoms with Gasteiger partial charge in [-0.1, -0.05) is 0 Å². The minimum atomic E-state index is 0.138. The molecule has 0 spiro atoms.